The van der Waals surface area contributed by atoms with Crippen molar-refractivity contribution in [1.29, 1.82) is 0 Å². The lowest BCUT2D eigenvalue weighted by Gasteiger charge is -2.34. The summed E-state index contributed by atoms with van der Waals surface area (Å²) in [6, 6.07) is 0. The Bertz CT molecular complexity index is 396. The third-order valence-electron chi connectivity index (χ3n) is 4.02. The molecule has 0 radical (unpaired) electrons. The summed E-state index contributed by atoms with van der Waals surface area (Å²) < 4.78 is 0. The van der Waals surface area contributed by atoms with E-state index < -0.39 is 5.41 Å². The monoisotopic (exact) mass is 281 g/mol. The van der Waals surface area contributed by atoms with Crippen LogP contribution in [0.1, 0.15) is 26.7 Å². The third-order valence-corrected chi connectivity index (χ3v) is 4.02. The molecule has 2 aliphatic rings. The molecule has 1 saturated heterocycles. The highest BCUT2D eigenvalue weighted by molar-refractivity contribution is 6.07. The van der Waals surface area contributed by atoms with Gasteiger partial charge in [0.05, 0.1) is 0 Å². The van der Waals surface area contributed by atoms with E-state index in [0.29, 0.717) is 51.5 Å². The van der Waals surface area contributed by atoms with Crippen molar-refractivity contribution in [2.75, 3.05) is 32.7 Å². The number of rotatable bonds is 5. The summed E-state index contributed by atoms with van der Waals surface area (Å²) in [4.78, 5) is 38.8. The zero-order chi connectivity index (χ0) is 14.8. The standard InChI is InChI=1S/C14H23N3O3/c1-11(2)9-15-12(19)14(3-4-14)13(20)17-7-5-16(10-18)6-8-17/h10-11H,3-9H2,1-2H3,(H,15,19). The van der Waals surface area contributed by atoms with Crippen LogP contribution in [0.15, 0.2) is 0 Å². The minimum atomic E-state index is -0.821. The normalized spacial score (nSPS) is 20.8. The van der Waals surface area contributed by atoms with E-state index in [1.165, 1.54) is 0 Å². The van der Waals surface area contributed by atoms with Crippen molar-refractivity contribution in [1.82, 2.24) is 15.1 Å². The summed E-state index contributed by atoms with van der Waals surface area (Å²) in [7, 11) is 0. The molecule has 1 aliphatic carbocycles. The number of nitrogens with zero attached hydrogens (tertiary/aromatic N) is 2. The minimum Gasteiger partial charge on any atom is -0.355 e. The second-order valence-electron chi connectivity index (χ2n) is 6.12. The van der Waals surface area contributed by atoms with Gasteiger partial charge in [-0.2, -0.15) is 0 Å². The minimum absolute atomic E-state index is 0.0655. The molecule has 112 valence electrons. The molecule has 0 spiro atoms. The molecule has 0 atom stereocenters. The maximum absolute atomic E-state index is 12.5. The Morgan fingerprint density at radius 1 is 1.20 bits per heavy atom. The molecule has 6 nitrogen and oxygen atoms in total. The maximum atomic E-state index is 12.5. The van der Waals surface area contributed by atoms with Crippen LogP contribution in [0, 0.1) is 11.3 Å². The van der Waals surface area contributed by atoms with Gasteiger partial charge in [-0.25, -0.2) is 0 Å². The molecule has 2 rings (SSSR count). The van der Waals surface area contributed by atoms with E-state index in [1.807, 2.05) is 13.8 Å². The van der Waals surface area contributed by atoms with E-state index in [9.17, 15) is 14.4 Å². The van der Waals surface area contributed by atoms with Crippen LogP contribution < -0.4 is 5.32 Å². The average Bonchev–Trinajstić information content (AvgIpc) is 3.25. The number of carbonyl (C=O) groups is 3. The summed E-state index contributed by atoms with van der Waals surface area (Å²) in [5.41, 5.74) is -0.821. The molecule has 1 aliphatic heterocycles. The van der Waals surface area contributed by atoms with Crippen LogP contribution in [0.3, 0.4) is 0 Å². The van der Waals surface area contributed by atoms with Crippen molar-refractivity contribution in [2.45, 2.75) is 26.7 Å². The van der Waals surface area contributed by atoms with Crippen molar-refractivity contribution in [2.24, 2.45) is 11.3 Å². The molecule has 0 bridgehead atoms. The lowest BCUT2D eigenvalue weighted by molar-refractivity contribution is -0.146. The van der Waals surface area contributed by atoms with Crippen LogP contribution in [-0.2, 0) is 14.4 Å². The second-order valence-corrected chi connectivity index (χ2v) is 6.12. The predicted octanol–water partition coefficient (Wildman–Crippen LogP) is -0.161. The first-order chi connectivity index (χ1) is 9.49. The highest BCUT2D eigenvalue weighted by atomic mass is 16.2. The summed E-state index contributed by atoms with van der Waals surface area (Å²) >= 11 is 0. The quantitative estimate of drug-likeness (QED) is 0.562. The Morgan fingerprint density at radius 3 is 2.25 bits per heavy atom. The summed E-state index contributed by atoms with van der Waals surface area (Å²) in [5, 5.41) is 2.87. The van der Waals surface area contributed by atoms with E-state index in [1.54, 1.807) is 9.80 Å². The molecule has 1 N–H and O–H groups in total. The van der Waals surface area contributed by atoms with Crippen molar-refractivity contribution in [3.8, 4) is 0 Å². The molecular weight excluding hydrogens is 258 g/mol. The number of piperazine rings is 1. The van der Waals surface area contributed by atoms with Crippen molar-refractivity contribution in [3.05, 3.63) is 0 Å². The number of hydrogen-bond acceptors (Lipinski definition) is 3. The highest BCUT2D eigenvalue weighted by Crippen LogP contribution is 2.47. The molecule has 0 aromatic heterocycles. The summed E-state index contributed by atoms with van der Waals surface area (Å²) in [5.74, 6) is 0.180. The SMILES string of the molecule is CC(C)CNC(=O)C1(C(=O)N2CCN(C=O)CC2)CC1. The van der Waals surface area contributed by atoms with Gasteiger partial charge in [-0.3, -0.25) is 14.4 Å². The molecule has 0 unspecified atom stereocenters. The van der Waals surface area contributed by atoms with Gasteiger partial charge in [0.25, 0.3) is 0 Å². The number of nitrogens with one attached hydrogen (secondary N) is 1. The molecule has 20 heavy (non-hydrogen) atoms. The Morgan fingerprint density at radius 2 is 1.80 bits per heavy atom. The van der Waals surface area contributed by atoms with Crippen LogP contribution in [0.5, 0.6) is 0 Å². The van der Waals surface area contributed by atoms with E-state index in [4.69, 9.17) is 0 Å². The molecular formula is C14H23N3O3. The largest absolute Gasteiger partial charge is 0.355 e. The van der Waals surface area contributed by atoms with Gasteiger partial charge in [-0.1, -0.05) is 13.8 Å². The molecule has 1 saturated carbocycles. The Balaban J connectivity index is 1.91. The van der Waals surface area contributed by atoms with Crippen molar-refractivity contribution >= 4 is 18.2 Å². The van der Waals surface area contributed by atoms with Crippen LogP contribution >= 0.6 is 0 Å². The van der Waals surface area contributed by atoms with E-state index in [0.717, 1.165) is 6.41 Å². The van der Waals surface area contributed by atoms with E-state index in [-0.39, 0.29) is 11.8 Å². The predicted molar refractivity (Wildman–Crippen MR) is 73.7 cm³/mol. The van der Waals surface area contributed by atoms with Crippen LogP contribution in [0.2, 0.25) is 0 Å². The third kappa shape index (κ3) is 2.94. The zero-order valence-corrected chi connectivity index (χ0v) is 12.2. The smallest absolute Gasteiger partial charge is 0.238 e. The fourth-order valence-electron chi connectivity index (χ4n) is 2.46. The first-order valence-corrected chi connectivity index (χ1v) is 7.26. The fourth-order valence-corrected chi connectivity index (χ4v) is 2.46. The number of carbonyl (C=O) groups excluding carboxylic acids is 3. The zero-order valence-electron chi connectivity index (χ0n) is 12.2. The fraction of sp³-hybridized carbons (Fsp3) is 0.786. The molecule has 1 heterocycles. The van der Waals surface area contributed by atoms with E-state index in [2.05, 4.69) is 5.32 Å². The second kappa shape index (κ2) is 5.81. The van der Waals surface area contributed by atoms with E-state index >= 15 is 0 Å². The average molecular weight is 281 g/mol. The molecule has 6 heteroatoms. The maximum Gasteiger partial charge on any atom is 0.238 e. The molecule has 3 amide bonds. The van der Waals surface area contributed by atoms with Crippen molar-refractivity contribution in [3.63, 3.8) is 0 Å². The van der Waals surface area contributed by atoms with Gasteiger partial charge in [0.2, 0.25) is 18.2 Å². The highest BCUT2D eigenvalue weighted by Gasteiger charge is 2.58. The first kappa shape index (κ1) is 14.8. The number of amides is 3. The Kier molecular flexibility index (Phi) is 4.30. The summed E-state index contributed by atoms with van der Waals surface area (Å²) in [6.07, 6.45) is 2.09. The first-order valence-electron chi connectivity index (χ1n) is 7.26. The van der Waals surface area contributed by atoms with Crippen LogP contribution in [0.25, 0.3) is 0 Å². The molecule has 0 aromatic rings. The van der Waals surface area contributed by atoms with Gasteiger partial charge in [0.15, 0.2) is 0 Å². The lowest BCUT2D eigenvalue weighted by Crippen LogP contribution is -2.53. The Hall–Kier alpha value is -1.59. The van der Waals surface area contributed by atoms with Crippen LogP contribution in [-0.4, -0.2) is 60.7 Å². The van der Waals surface area contributed by atoms with Gasteiger partial charge in [0, 0.05) is 32.7 Å². The van der Waals surface area contributed by atoms with Gasteiger partial charge < -0.3 is 15.1 Å². The topological polar surface area (TPSA) is 69.7 Å². The van der Waals surface area contributed by atoms with Gasteiger partial charge in [-0.15, -0.1) is 0 Å². The molecule has 2 fully saturated rings. The Labute approximate surface area is 119 Å². The molecule has 0 aromatic carbocycles. The summed E-state index contributed by atoms with van der Waals surface area (Å²) in [6.45, 7) is 6.82. The van der Waals surface area contributed by atoms with Crippen molar-refractivity contribution < 1.29 is 14.4 Å². The van der Waals surface area contributed by atoms with Crippen LogP contribution in [0.4, 0.5) is 0 Å². The van der Waals surface area contributed by atoms with Gasteiger partial charge in [0.1, 0.15) is 5.41 Å². The van der Waals surface area contributed by atoms with Gasteiger partial charge >= 0.3 is 0 Å². The lowest BCUT2D eigenvalue weighted by atomic mass is 10.0. The number of hydrogen-bond donors (Lipinski definition) is 1. The van der Waals surface area contributed by atoms with Gasteiger partial charge in [-0.05, 0) is 18.8 Å².